The third kappa shape index (κ3) is 5.30. The van der Waals surface area contributed by atoms with Crippen molar-refractivity contribution < 1.29 is 36.2 Å². The average molecular weight is 721 g/mol. The molecule has 2 N–H and O–H groups in total. The Hall–Kier alpha value is -3.71. The Labute approximate surface area is 286 Å². The van der Waals surface area contributed by atoms with Gasteiger partial charge in [-0.1, -0.05) is 17.7 Å². The average Bonchev–Trinajstić information content (AvgIpc) is 3.67. The van der Waals surface area contributed by atoms with Crippen molar-refractivity contribution in [2.75, 3.05) is 43.5 Å². The van der Waals surface area contributed by atoms with E-state index in [0.717, 1.165) is 36.8 Å². The summed E-state index contributed by atoms with van der Waals surface area (Å²) in [5, 5.41) is 10.0. The summed E-state index contributed by atoms with van der Waals surface area (Å²) in [4.78, 5) is 13.1. The first-order valence-electron chi connectivity index (χ1n) is 16.1. The van der Waals surface area contributed by atoms with Gasteiger partial charge in [-0.15, -0.1) is 11.3 Å². The minimum absolute atomic E-state index is 0.0125. The van der Waals surface area contributed by atoms with E-state index in [9.17, 15) is 22.8 Å². The standard InChI is InChI=1S/C33H30ClF5N6O3S/c34-24-22(18-4-5-20(36)28-21(18)19(11-40)29(41)49-28)25(37)26-23-27(24)47-14-16-2-3-17(48-31(38)39)13-45(16)30(23)43-32(42-26)46-9-7-33-6-1-8-44(33)12-15(35)10-33/h4-5,15-17,31H,1-3,6-10,12-14,41H2/t15-,16?,17?,33-/m1/s1. The second-order valence-electron chi connectivity index (χ2n) is 13.0. The van der Waals surface area contributed by atoms with E-state index in [4.69, 9.17) is 31.5 Å². The van der Waals surface area contributed by atoms with E-state index in [-0.39, 0.29) is 96.6 Å². The minimum Gasteiger partial charge on any atom is -0.489 e. The van der Waals surface area contributed by atoms with E-state index in [0.29, 0.717) is 32.2 Å². The molecule has 8 rings (SSSR count). The van der Waals surface area contributed by atoms with Crippen LogP contribution >= 0.6 is 22.9 Å². The highest BCUT2D eigenvalue weighted by molar-refractivity contribution is 7.23. The molecule has 4 aliphatic rings. The summed E-state index contributed by atoms with van der Waals surface area (Å²) in [6.07, 6.45) is 1.68. The van der Waals surface area contributed by atoms with Gasteiger partial charge in [0, 0.05) is 36.0 Å². The quantitative estimate of drug-likeness (QED) is 0.198. The van der Waals surface area contributed by atoms with Crippen molar-refractivity contribution in [2.45, 2.75) is 69.0 Å². The zero-order valence-electron chi connectivity index (χ0n) is 26.0. The molecule has 0 spiro atoms. The number of ether oxygens (including phenoxy) is 3. The third-order valence-corrected chi connectivity index (χ3v) is 11.7. The number of fused-ring (bicyclic) bond motifs is 4. The van der Waals surface area contributed by atoms with E-state index in [1.54, 1.807) is 4.90 Å². The van der Waals surface area contributed by atoms with Crippen LogP contribution in [0, 0.1) is 23.0 Å². The van der Waals surface area contributed by atoms with Gasteiger partial charge in [0.2, 0.25) is 0 Å². The molecule has 0 saturated carbocycles. The fraction of sp³-hybridized carbons (Fsp3) is 0.485. The molecule has 4 aliphatic heterocycles. The van der Waals surface area contributed by atoms with E-state index >= 15 is 4.39 Å². The second-order valence-corrected chi connectivity index (χ2v) is 14.5. The van der Waals surface area contributed by atoms with Crippen LogP contribution < -0.4 is 20.1 Å². The first-order valence-corrected chi connectivity index (χ1v) is 17.3. The SMILES string of the molecule is N#Cc1c(N)sc2c(F)ccc(-c3c(Cl)c4c5c(nc(OCC[C@@]67CCCN6C[C@H](F)C7)nc5c3F)N3CC(OC(F)F)CCC3CO4)c12. The van der Waals surface area contributed by atoms with Crippen molar-refractivity contribution in [3.8, 4) is 29.0 Å². The highest BCUT2D eigenvalue weighted by Gasteiger charge is 2.48. The molecule has 0 aliphatic carbocycles. The topological polar surface area (TPSA) is 110 Å². The highest BCUT2D eigenvalue weighted by atomic mass is 35.5. The molecule has 16 heteroatoms. The lowest BCUT2D eigenvalue weighted by Gasteiger charge is -2.38. The van der Waals surface area contributed by atoms with Crippen molar-refractivity contribution in [3.05, 3.63) is 34.4 Å². The lowest BCUT2D eigenvalue weighted by atomic mass is 9.90. The predicted octanol–water partition coefficient (Wildman–Crippen LogP) is 7.21. The Balaban J connectivity index is 1.28. The van der Waals surface area contributed by atoms with Crippen molar-refractivity contribution in [1.29, 1.82) is 5.26 Å². The van der Waals surface area contributed by atoms with Crippen molar-refractivity contribution in [3.63, 3.8) is 0 Å². The number of thiophene rings is 1. The van der Waals surface area contributed by atoms with Gasteiger partial charge in [0.25, 0.3) is 0 Å². The number of nitrogens with zero attached hydrogens (tertiary/aromatic N) is 5. The summed E-state index contributed by atoms with van der Waals surface area (Å²) in [6, 6.07) is 3.94. The van der Waals surface area contributed by atoms with E-state index in [2.05, 4.69) is 14.9 Å². The summed E-state index contributed by atoms with van der Waals surface area (Å²) in [5.41, 5.74) is 5.42. The number of nitrogens with two attached hydrogens (primary N) is 1. The van der Waals surface area contributed by atoms with Crippen molar-refractivity contribution in [2.24, 2.45) is 0 Å². The number of halogens is 6. The number of nitriles is 1. The Morgan fingerprint density at radius 2 is 2.04 bits per heavy atom. The summed E-state index contributed by atoms with van der Waals surface area (Å²) < 4.78 is 90.3. The van der Waals surface area contributed by atoms with E-state index in [1.807, 2.05) is 6.07 Å². The van der Waals surface area contributed by atoms with Gasteiger partial charge in [-0.25, -0.2) is 13.2 Å². The predicted molar refractivity (Wildman–Crippen MR) is 174 cm³/mol. The number of alkyl halides is 3. The van der Waals surface area contributed by atoms with Crippen LogP contribution in [-0.4, -0.2) is 78.2 Å². The maximum absolute atomic E-state index is 17.1. The molecule has 4 atom stereocenters. The van der Waals surface area contributed by atoms with Gasteiger partial charge in [-0.3, -0.25) is 4.90 Å². The highest BCUT2D eigenvalue weighted by Crippen LogP contribution is 2.51. The molecule has 4 aromatic rings. The fourth-order valence-corrected chi connectivity index (χ4v) is 9.48. The van der Waals surface area contributed by atoms with Crippen LogP contribution in [0.1, 0.15) is 44.1 Å². The number of nitrogen functional groups attached to an aromatic ring is 1. The molecule has 6 heterocycles. The van der Waals surface area contributed by atoms with Gasteiger partial charge in [0.15, 0.2) is 11.6 Å². The zero-order chi connectivity index (χ0) is 34.2. The van der Waals surface area contributed by atoms with Crippen LogP contribution in [0.3, 0.4) is 0 Å². The van der Waals surface area contributed by atoms with Crippen LogP contribution in [0.25, 0.3) is 32.1 Å². The summed E-state index contributed by atoms with van der Waals surface area (Å²) in [5.74, 6) is -1.31. The first-order chi connectivity index (χ1) is 23.6. The number of hydrogen-bond acceptors (Lipinski definition) is 10. The Morgan fingerprint density at radius 3 is 2.84 bits per heavy atom. The Bertz CT molecular complexity index is 2030. The lowest BCUT2D eigenvalue weighted by Crippen LogP contribution is -2.49. The third-order valence-electron chi connectivity index (χ3n) is 10.4. The summed E-state index contributed by atoms with van der Waals surface area (Å²) in [7, 11) is 0. The van der Waals surface area contributed by atoms with Crippen molar-refractivity contribution >= 4 is 54.7 Å². The summed E-state index contributed by atoms with van der Waals surface area (Å²) in [6.45, 7) is -1.60. The smallest absolute Gasteiger partial charge is 0.345 e. The Kier molecular flexibility index (Phi) is 8.13. The van der Waals surface area contributed by atoms with Gasteiger partial charge >= 0.3 is 12.6 Å². The molecule has 0 bridgehead atoms. The molecule has 3 saturated heterocycles. The van der Waals surface area contributed by atoms with Gasteiger partial charge in [0.1, 0.15) is 41.0 Å². The Morgan fingerprint density at radius 1 is 1.20 bits per heavy atom. The van der Waals surface area contributed by atoms with Crippen LogP contribution in [0.2, 0.25) is 5.02 Å². The molecule has 0 amide bonds. The van der Waals surface area contributed by atoms with Crippen LogP contribution in [0.5, 0.6) is 11.8 Å². The van der Waals surface area contributed by atoms with Crippen molar-refractivity contribution in [1.82, 2.24) is 14.9 Å². The molecule has 9 nitrogen and oxygen atoms in total. The molecule has 0 radical (unpaired) electrons. The van der Waals surface area contributed by atoms with Gasteiger partial charge < -0.3 is 24.8 Å². The number of benzene rings is 2. The number of aromatic nitrogens is 2. The normalized spacial score (nSPS) is 25.0. The number of rotatable bonds is 7. The van der Waals surface area contributed by atoms with E-state index in [1.165, 1.54) is 6.07 Å². The molecule has 3 fully saturated rings. The number of anilines is 2. The van der Waals surface area contributed by atoms with Crippen LogP contribution in [0.15, 0.2) is 12.1 Å². The van der Waals surface area contributed by atoms with Crippen LogP contribution in [0.4, 0.5) is 32.8 Å². The second kappa shape index (κ2) is 12.3. The monoisotopic (exact) mass is 720 g/mol. The van der Waals surface area contributed by atoms with Gasteiger partial charge in [-0.05, 0) is 50.3 Å². The lowest BCUT2D eigenvalue weighted by molar-refractivity contribution is -0.165. The maximum Gasteiger partial charge on any atom is 0.345 e. The van der Waals surface area contributed by atoms with Gasteiger partial charge in [0.05, 0.1) is 39.4 Å². The molecule has 2 aromatic carbocycles. The zero-order valence-corrected chi connectivity index (χ0v) is 27.5. The first kappa shape index (κ1) is 32.5. The maximum atomic E-state index is 17.1. The summed E-state index contributed by atoms with van der Waals surface area (Å²) >= 11 is 7.83. The minimum atomic E-state index is -2.98. The van der Waals surface area contributed by atoms with Crippen LogP contribution in [-0.2, 0) is 4.74 Å². The molecule has 49 heavy (non-hydrogen) atoms. The number of hydrogen-bond donors (Lipinski definition) is 1. The molecule has 258 valence electrons. The number of piperidine rings is 1. The molecule has 2 unspecified atom stereocenters. The molecular formula is C33H30ClF5N6O3S. The van der Waals surface area contributed by atoms with Gasteiger partial charge in [-0.2, -0.15) is 24.0 Å². The largest absolute Gasteiger partial charge is 0.489 e. The molecular weight excluding hydrogens is 691 g/mol. The molecule has 2 aromatic heterocycles. The van der Waals surface area contributed by atoms with E-state index < -0.39 is 30.5 Å². The fourth-order valence-electron chi connectivity index (χ4n) is 8.19.